The summed E-state index contributed by atoms with van der Waals surface area (Å²) in [5, 5.41) is 11.9. The summed E-state index contributed by atoms with van der Waals surface area (Å²) >= 11 is 12.1. The van der Waals surface area contributed by atoms with Crippen molar-refractivity contribution in [3.63, 3.8) is 0 Å². The van der Waals surface area contributed by atoms with Gasteiger partial charge in [0.15, 0.2) is 8.32 Å². The highest BCUT2D eigenvalue weighted by Crippen LogP contribution is 2.38. The van der Waals surface area contributed by atoms with Crippen molar-refractivity contribution < 1.29 is 14.1 Å². The lowest BCUT2D eigenvalue weighted by molar-refractivity contribution is -0.484. The molecule has 0 radical (unpaired) electrons. The van der Waals surface area contributed by atoms with Gasteiger partial charge in [-0.1, -0.05) is 50.0 Å². The van der Waals surface area contributed by atoms with Gasteiger partial charge in [-0.3, -0.25) is 10.1 Å². The minimum absolute atomic E-state index is 0.0169. The van der Waals surface area contributed by atoms with Crippen LogP contribution in [0.25, 0.3) is 0 Å². The summed E-state index contributed by atoms with van der Waals surface area (Å²) < 4.78 is 6.11. The number of carbonyl (C=O) groups is 1. The summed E-state index contributed by atoms with van der Waals surface area (Å²) in [6.07, 6.45) is 0.728. The zero-order valence-corrected chi connectivity index (χ0v) is 17.7. The molecule has 1 aromatic rings. The van der Waals surface area contributed by atoms with Crippen molar-refractivity contribution in [2.45, 2.75) is 44.8 Å². The van der Waals surface area contributed by atoms with Crippen molar-refractivity contribution in [2.75, 3.05) is 13.2 Å². The van der Waals surface area contributed by atoms with Gasteiger partial charge >= 0.3 is 0 Å². The SMILES string of the molecule is CC(C)(C)[Si](C)(C)OCC(C=O)C(C[N+](=O)[O-])c1ccc(Cl)cc1Cl. The number of halogens is 2. The number of carbonyl (C=O) groups excluding carboxylic acids is 1. The second-order valence-electron chi connectivity index (χ2n) is 7.66. The van der Waals surface area contributed by atoms with E-state index in [2.05, 4.69) is 33.9 Å². The number of aldehydes is 1. The molecule has 2 atom stereocenters. The van der Waals surface area contributed by atoms with Gasteiger partial charge in [0, 0.05) is 27.5 Å². The lowest BCUT2D eigenvalue weighted by Gasteiger charge is -2.37. The van der Waals surface area contributed by atoms with E-state index < -0.39 is 31.6 Å². The molecule has 0 aliphatic carbocycles. The molecule has 0 heterocycles. The average molecular weight is 406 g/mol. The maximum Gasteiger partial charge on any atom is 0.211 e. The van der Waals surface area contributed by atoms with Crippen LogP contribution in [-0.2, 0) is 9.22 Å². The molecule has 0 bridgehead atoms. The van der Waals surface area contributed by atoms with E-state index in [0.29, 0.717) is 15.6 Å². The van der Waals surface area contributed by atoms with Gasteiger partial charge in [0.2, 0.25) is 6.54 Å². The topological polar surface area (TPSA) is 69.4 Å². The normalized spacial score (nSPS) is 14.8. The van der Waals surface area contributed by atoms with E-state index in [0.717, 1.165) is 6.29 Å². The van der Waals surface area contributed by atoms with Gasteiger partial charge in [-0.05, 0) is 35.8 Å². The van der Waals surface area contributed by atoms with Crippen LogP contribution < -0.4 is 0 Å². The van der Waals surface area contributed by atoms with Gasteiger partial charge in [-0.2, -0.15) is 0 Å². The molecule has 1 rings (SSSR count). The van der Waals surface area contributed by atoms with Crippen molar-refractivity contribution >= 4 is 37.8 Å². The first-order valence-electron chi connectivity index (χ1n) is 8.05. The van der Waals surface area contributed by atoms with Gasteiger partial charge in [-0.15, -0.1) is 0 Å². The summed E-state index contributed by atoms with van der Waals surface area (Å²) in [4.78, 5) is 22.4. The summed E-state index contributed by atoms with van der Waals surface area (Å²) in [5.74, 6) is -1.32. The number of hydrogen-bond donors (Lipinski definition) is 0. The molecule has 0 aliphatic rings. The minimum Gasteiger partial charge on any atom is -0.416 e. The van der Waals surface area contributed by atoms with Crippen LogP contribution in [0.15, 0.2) is 18.2 Å². The van der Waals surface area contributed by atoms with Crippen LogP contribution >= 0.6 is 23.2 Å². The Morgan fingerprint density at radius 2 is 1.92 bits per heavy atom. The van der Waals surface area contributed by atoms with E-state index in [1.165, 1.54) is 6.07 Å². The Bertz CT molecular complexity index is 632. The molecular weight excluding hydrogens is 381 g/mol. The highest BCUT2D eigenvalue weighted by molar-refractivity contribution is 6.74. The predicted molar refractivity (Wildman–Crippen MR) is 104 cm³/mol. The Hall–Kier alpha value is -0.953. The van der Waals surface area contributed by atoms with Crippen LogP contribution in [0, 0.1) is 16.0 Å². The maximum absolute atomic E-state index is 11.7. The molecule has 8 heteroatoms. The first-order chi connectivity index (χ1) is 11.4. The molecular formula is C17H25Cl2NO4Si. The van der Waals surface area contributed by atoms with Gasteiger partial charge in [0.25, 0.3) is 0 Å². The second-order valence-corrected chi connectivity index (χ2v) is 13.3. The summed E-state index contributed by atoms with van der Waals surface area (Å²) in [7, 11) is -2.08. The third kappa shape index (κ3) is 6.06. The first kappa shape index (κ1) is 22.1. The van der Waals surface area contributed by atoms with Crippen molar-refractivity contribution in [3.05, 3.63) is 43.9 Å². The van der Waals surface area contributed by atoms with Crippen LogP contribution in [0.3, 0.4) is 0 Å². The van der Waals surface area contributed by atoms with Crippen LogP contribution in [0.5, 0.6) is 0 Å². The molecule has 1 aromatic carbocycles. The molecule has 5 nitrogen and oxygen atoms in total. The van der Waals surface area contributed by atoms with Crippen molar-refractivity contribution in [2.24, 2.45) is 5.92 Å². The molecule has 0 aromatic heterocycles. The molecule has 0 fully saturated rings. The third-order valence-electron chi connectivity index (χ3n) is 4.84. The summed E-state index contributed by atoms with van der Waals surface area (Å²) in [5.41, 5.74) is 0.540. The minimum atomic E-state index is -2.08. The van der Waals surface area contributed by atoms with E-state index in [1.807, 2.05) is 0 Å². The molecule has 0 saturated heterocycles. The predicted octanol–water partition coefficient (Wildman–Crippen LogP) is 5.19. The van der Waals surface area contributed by atoms with E-state index in [9.17, 15) is 14.9 Å². The van der Waals surface area contributed by atoms with Gasteiger partial charge < -0.3 is 9.22 Å². The molecule has 0 N–H and O–H groups in total. The van der Waals surface area contributed by atoms with Crippen LogP contribution in [0.4, 0.5) is 0 Å². The second kappa shape index (κ2) is 8.62. The van der Waals surface area contributed by atoms with Gasteiger partial charge in [0.05, 0.1) is 5.92 Å². The third-order valence-corrected chi connectivity index (χ3v) is 9.91. The van der Waals surface area contributed by atoms with E-state index in [1.54, 1.807) is 12.1 Å². The number of nitro groups is 1. The fourth-order valence-corrected chi connectivity index (χ4v) is 3.79. The molecule has 0 spiro atoms. The highest BCUT2D eigenvalue weighted by Gasteiger charge is 2.39. The zero-order chi connectivity index (χ0) is 19.4. The van der Waals surface area contributed by atoms with Crippen molar-refractivity contribution in [3.8, 4) is 0 Å². The fraction of sp³-hybridized carbons (Fsp3) is 0.588. The number of nitrogens with zero attached hydrogens (tertiary/aromatic N) is 1. The average Bonchev–Trinajstić information content (AvgIpc) is 2.45. The Morgan fingerprint density at radius 3 is 2.36 bits per heavy atom. The van der Waals surface area contributed by atoms with Crippen LogP contribution in [0.2, 0.25) is 28.2 Å². The summed E-state index contributed by atoms with van der Waals surface area (Å²) in [6, 6.07) is 4.79. The number of hydrogen-bond acceptors (Lipinski definition) is 4. The molecule has 2 unspecified atom stereocenters. The maximum atomic E-state index is 11.7. The molecule has 0 aliphatic heterocycles. The molecule has 140 valence electrons. The van der Waals surface area contributed by atoms with Gasteiger partial charge in [-0.25, -0.2) is 0 Å². The largest absolute Gasteiger partial charge is 0.416 e. The molecule has 0 saturated carbocycles. The first-order valence-corrected chi connectivity index (χ1v) is 11.7. The summed E-state index contributed by atoms with van der Waals surface area (Å²) in [6.45, 7) is 10.2. The number of benzene rings is 1. The zero-order valence-electron chi connectivity index (χ0n) is 15.2. The lowest BCUT2D eigenvalue weighted by Crippen LogP contribution is -2.43. The molecule has 25 heavy (non-hydrogen) atoms. The van der Waals surface area contributed by atoms with Crippen LogP contribution in [0.1, 0.15) is 32.3 Å². The Morgan fingerprint density at radius 1 is 1.32 bits per heavy atom. The fourth-order valence-electron chi connectivity index (χ4n) is 2.20. The van der Waals surface area contributed by atoms with E-state index >= 15 is 0 Å². The van der Waals surface area contributed by atoms with Crippen LogP contribution in [-0.4, -0.2) is 32.7 Å². The highest BCUT2D eigenvalue weighted by atomic mass is 35.5. The van der Waals surface area contributed by atoms with E-state index in [-0.39, 0.29) is 11.6 Å². The standard InChI is InChI=1S/C17H25Cl2NO4Si/c1-17(2,3)25(4,5)24-11-12(10-21)15(9-20(22)23)14-7-6-13(18)8-16(14)19/h6-8,10,12,15H,9,11H2,1-5H3. The quantitative estimate of drug-likeness (QED) is 0.258. The van der Waals surface area contributed by atoms with Crippen molar-refractivity contribution in [1.29, 1.82) is 0 Å². The Labute approximate surface area is 159 Å². The Balaban J connectivity index is 3.10. The lowest BCUT2D eigenvalue weighted by atomic mass is 9.87. The Kier molecular flexibility index (Phi) is 7.62. The monoisotopic (exact) mass is 405 g/mol. The number of rotatable bonds is 8. The van der Waals surface area contributed by atoms with Crippen molar-refractivity contribution in [1.82, 2.24) is 0 Å². The molecule has 0 amide bonds. The van der Waals surface area contributed by atoms with Gasteiger partial charge in [0.1, 0.15) is 6.29 Å². The van der Waals surface area contributed by atoms with E-state index in [4.69, 9.17) is 27.6 Å². The smallest absolute Gasteiger partial charge is 0.211 e.